The first kappa shape index (κ1) is 12.9. The second kappa shape index (κ2) is 5.85. The summed E-state index contributed by atoms with van der Waals surface area (Å²) in [6.45, 7) is 0.732. The Kier molecular flexibility index (Phi) is 4.19. The summed E-state index contributed by atoms with van der Waals surface area (Å²) >= 11 is 5.97. The van der Waals surface area contributed by atoms with Gasteiger partial charge in [-0.3, -0.25) is 4.79 Å². The van der Waals surface area contributed by atoms with Gasteiger partial charge in [-0.25, -0.2) is 0 Å². The van der Waals surface area contributed by atoms with Crippen molar-refractivity contribution in [3.8, 4) is 6.07 Å². The molecule has 18 heavy (non-hydrogen) atoms. The van der Waals surface area contributed by atoms with Gasteiger partial charge >= 0.3 is 0 Å². The van der Waals surface area contributed by atoms with Crippen LogP contribution in [-0.2, 0) is 9.53 Å². The summed E-state index contributed by atoms with van der Waals surface area (Å²) in [6.07, 6.45) is 2.29. The minimum Gasteiger partial charge on any atom is -0.378 e. The molecule has 1 fully saturated rings. The van der Waals surface area contributed by atoms with Crippen molar-refractivity contribution in [3.05, 3.63) is 28.8 Å². The number of anilines is 1. The zero-order chi connectivity index (χ0) is 13.0. The number of amides is 1. The fourth-order valence-corrected chi connectivity index (χ4v) is 2.13. The lowest BCUT2D eigenvalue weighted by Gasteiger charge is -2.10. The van der Waals surface area contributed by atoms with Crippen LogP contribution >= 0.6 is 11.6 Å². The Morgan fingerprint density at radius 3 is 3.06 bits per heavy atom. The fraction of sp³-hybridized carbons (Fsp3) is 0.385. The van der Waals surface area contributed by atoms with E-state index < -0.39 is 0 Å². The summed E-state index contributed by atoms with van der Waals surface area (Å²) in [7, 11) is 0. The Morgan fingerprint density at radius 1 is 1.61 bits per heavy atom. The number of hydrogen-bond acceptors (Lipinski definition) is 3. The van der Waals surface area contributed by atoms with E-state index in [0.717, 1.165) is 19.4 Å². The van der Waals surface area contributed by atoms with Gasteiger partial charge in [0.1, 0.15) is 0 Å². The largest absolute Gasteiger partial charge is 0.378 e. The lowest BCUT2D eigenvalue weighted by atomic mass is 10.1. The van der Waals surface area contributed by atoms with Crippen LogP contribution in [0.5, 0.6) is 0 Å². The van der Waals surface area contributed by atoms with E-state index in [2.05, 4.69) is 5.32 Å². The van der Waals surface area contributed by atoms with E-state index in [1.807, 2.05) is 6.07 Å². The molecule has 0 spiro atoms. The highest BCUT2D eigenvalue weighted by Crippen LogP contribution is 2.23. The number of hydrogen-bond donors (Lipinski definition) is 1. The monoisotopic (exact) mass is 264 g/mol. The van der Waals surface area contributed by atoms with Crippen LogP contribution in [0, 0.1) is 11.3 Å². The summed E-state index contributed by atoms with van der Waals surface area (Å²) in [5.41, 5.74) is 0.996. The molecule has 5 heteroatoms. The maximum atomic E-state index is 11.8. The molecule has 1 N–H and O–H groups in total. The van der Waals surface area contributed by atoms with Gasteiger partial charge in [-0.2, -0.15) is 5.26 Å². The molecule has 0 bridgehead atoms. The lowest BCUT2D eigenvalue weighted by molar-refractivity contribution is -0.118. The van der Waals surface area contributed by atoms with Gasteiger partial charge in [-0.05, 0) is 31.0 Å². The number of rotatable bonds is 3. The highest BCUT2D eigenvalue weighted by Gasteiger charge is 2.19. The number of carbonyl (C=O) groups excluding carboxylic acids is 1. The van der Waals surface area contributed by atoms with Crippen molar-refractivity contribution >= 4 is 23.2 Å². The molecule has 1 saturated heterocycles. The van der Waals surface area contributed by atoms with Gasteiger partial charge in [-0.1, -0.05) is 11.6 Å². The molecular weight excluding hydrogens is 252 g/mol. The topological polar surface area (TPSA) is 62.1 Å². The molecule has 2 rings (SSSR count). The predicted octanol–water partition coefficient (Wildman–Crippen LogP) is 2.72. The Morgan fingerprint density at radius 2 is 2.44 bits per heavy atom. The third-order valence-corrected chi connectivity index (χ3v) is 3.12. The first-order valence-corrected chi connectivity index (χ1v) is 6.18. The van der Waals surface area contributed by atoms with Gasteiger partial charge in [0.2, 0.25) is 5.91 Å². The van der Waals surface area contributed by atoms with Crippen molar-refractivity contribution in [2.24, 2.45) is 0 Å². The van der Waals surface area contributed by atoms with Crippen LogP contribution in [0.1, 0.15) is 24.8 Å². The molecule has 1 atom stereocenters. The number of benzene rings is 1. The van der Waals surface area contributed by atoms with E-state index in [9.17, 15) is 4.79 Å². The number of nitriles is 1. The van der Waals surface area contributed by atoms with Gasteiger partial charge < -0.3 is 10.1 Å². The van der Waals surface area contributed by atoms with Gasteiger partial charge in [0, 0.05) is 6.61 Å². The second-order valence-electron chi connectivity index (χ2n) is 4.19. The van der Waals surface area contributed by atoms with Gasteiger partial charge in [0.15, 0.2) is 0 Å². The Balaban J connectivity index is 1.96. The minimum absolute atomic E-state index is 0.0159. The Labute approximate surface area is 111 Å². The summed E-state index contributed by atoms with van der Waals surface area (Å²) in [6, 6.07) is 6.77. The van der Waals surface area contributed by atoms with Crippen molar-refractivity contribution in [1.82, 2.24) is 0 Å². The number of nitrogens with zero attached hydrogens (tertiary/aromatic N) is 1. The molecule has 0 aromatic heterocycles. The zero-order valence-electron chi connectivity index (χ0n) is 9.78. The maximum absolute atomic E-state index is 11.8. The normalized spacial score (nSPS) is 18.3. The molecule has 1 heterocycles. The smallest absolute Gasteiger partial charge is 0.227 e. The first-order chi connectivity index (χ1) is 8.69. The Bertz CT molecular complexity index is 490. The van der Waals surface area contributed by atoms with Gasteiger partial charge in [0.25, 0.3) is 0 Å². The van der Waals surface area contributed by atoms with Crippen LogP contribution in [0.2, 0.25) is 5.02 Å². The molecular formula is C13H13ClN2O2. The molecule has 0 radical (unpaired) electrons. The maximum Gasteiger partial charge on any atom is 0.227 e. The molecule has 0 aliphatic carbocycles. The molecule has 1 aromatic carbocycles. The summed E-state index contributed by atoms with van der Waals surface area (Å²) in [5, 5.41) is 11.8. The van der Waals surface area contributed by atoms with E-state index in [1.54, 1.807) is 12.1 Å². The highest BCUT2D eigenvalue weighted by atomic mass is 35.5. The Hall–Kier alpha value is -1.57. The minimum atomic E-state index is -0.117. The quantitative estimate of drug-likeness (QED) is 0.913. The van der Waals surface area contributed by atoms with Crippen molar-refractivity contribution in [1.29, 1.82) is 5.26 Å². The standard InChI is InChI=1S/C13H13ClN2O2/c14-11-6-9(8-15)3-4-12(11)16-13(17)7-10-2-1-5-18-10/h3-4,6,10H,1-2,5,7H2,(H,16,17). The fourth-order valence-electron chi connectivity index (χ4n) is 1.90. The number of ether oxygens (including phenoxy) is 1. The van der Waals surface area contributed by atoms with Crippen molar-refractivity contribution in [3.63, 3.8) is 0 Å². The van der Waals surface area contributed by atoms with E-state index in [1.165, 1.54) is 6.07 Å². The van der Waals surface area contributed by atoms with Gasteiger partial charge in [0.05, 0.1) is 34.9 Å². The van der Waals surface area contributed by atoms with Crippen molar-refractivity contribution in [2.45, 2.75) is 25.4 Å². The van der Waals surface area contributed by atoms with E-state index in [-0.39, 0.29) is 12.0 Å². The number of carbonyl (C=O) groups is 1. The first-order valence-electron chi connectivity index (χ1n) is 5.80. The second-order valence-corrected chi connectivity index (χ2v) is 4.60. The number of halogens is 1. The molecule has 0 saturated carbocycles. The molecule has 1 aromatic rings. The van der Waals surface area contributed by atoms with Crippen LogP contribution in [0.4, 0.5) is 5.69 Å². The van der Waals surface area contributed by atoms with Crippen LogP contribution in [0.25, 0.3) is 0 Å². The van der Waals surface area contributed by atoms with Crippen LogP contribution in [0.3, 0.4) is 0 Å². The molecule has 4 nitrogen and oxygen atoms in total. The van der Waals surface area contributed by atoms with Gasteiger partial charge in [-0.15, -0.1) is 0 Å². The summed E-state index contributed by atoms with van der Waals surface area (Å²) in [4.78, 5) is 11.8. The lowest BCUT2D eigenvalue weighted by Crippen LogP contribution is -2.19. The van der Waals surface area contributed by atoms with Crippen molar-refractivity contribution < 1.29 is 9.53 Å². The average molecular weight is 265 g/mol. The molecule has 1 amide bonds. The van der Waals surface area contributed by atoms with E-state index in [4.69, 9.17) is 21.6 Å². The third-order valence-electron chi connectivity index (χ3n) is 2.81. The average Bonchev–Trinajstić information content (AvgIpc) is 2.84. The molecule has 1 unspecified atom stereocenters. The summed E-state index contributed by atoms with van der Waals surface area (Å²) in [5.74, 6) is -0.117. The van der Waals surface area contributed by atoms with E-state index in [0.29, 0.717) is 22.7 Å². The SMILES string of the molecule is N#Cc1ccc(NC(=O)CC2CCCO2)c(Cl)c1. The molecule has 1 aliphatic rings. The van der Waals surface area contributed by atoms with E-state index >= 15 is 0 Å². The molecule has 94 valence electrons. The van der Waals surface area contributed by atoms with Crippen molar-refractivity contribution in [2.75, 3.05) is 11.9 Å². The van der Waals surface area contributed by atoms with Crippen LogP contribution in [0.15, 0.2) is 18.2 Å². The number of nitrogens with one attached hydrogen (secondary N) is 1. The zero-order valence-corrected chi connectivity index (χ0v) is 10.5. The molecule has 1 aliphatic heterocycles. The van der Waals surface area contributed by atoms with Crippen LogP contribution in [-0.4, -0.2) is 18.6 Å². The summed E-state index contributed by atoms with van der Waals surface area (Å²) < 4.78 is 5.39. The van der Waals surface area contributed by atoms with Crippen LogP contribution < -0.4 is 5.32 Å². The third kappa shape index (κ3) is 3.22. The highest BCUT2D eigenvalue weighted by molar-refractivity contribution is 6.33. The predicted molar refractivity (Wildman–Crippen MR) is 68.4 cm³/mol.